The number of carbonyl (C=O) groups excluding carboxylic acids is 2. The maximum absolute atomic E-state index is 10.1. The Morgan fingerprint density at radius 2 is 2.12 bits per heavy atom. The fourth-order valence-corrected chi connectivity index (χ4v) is 0.242. The van der Waals surface area contributed by atoms with Gasteiger partial charge < -0.3 is 4.74 Å². The van der Waals surface area contributed by atoms with Gasteiger partial charge in [0.1, 0.15) is 6.61 Å². The maximum atomic E-state index is 10.1. The third-order valence-electron chi connectivity index (χ3n) is 0.495. The molecule has 0 fully saturated rings. The van der Waals surface area contributed by atoms with Crippen LogP contribution in [-0.4, -0.2) is 24.7 Å². The molecular weight excluding hydrogens is 131 g/mol. The first-order chi connectivity index (χ1) is 3.68. The summed E-state index contributed by atoms with van der Waals surface area (Å²) in [6, 6.07) is 0. The van der Waals surface area contributed by atoms with Crippen molar-refractivity contribution in [3.8, 4) is 0 Å². The second-order valence-corrected chi connectivity index (χ2v) is 1.47. The van der Waals surface area contributed by atoms with Gasteiger partial charge in [0.05, 0.1) is 0 Å². The number of hydrogen-bond donors (Lipinski definition) is 0. The van der Waals surface area contributed by atoms with Gasteiger partial charge in [-0.05, 0) is 11.6 Å². The summed E-state index contributed by atoms with van der Waals surface area (Å²) >= 11 is 4.74. The number of carbonyl (C=O) groups is 2. The second kappa shape index (κ2) is 3.57. The molecule has 0 aliphatic carbocycles. The molecule has 0 atom stereocenters. The zero-order chi connectivity index (χ0) is 6.57. The lowest BCUT2D eigenvalue weighted by Crippen LogP contribution is -2.12. The topological polar surface area (TPSA) is 43.4 Å². The fourth-order valence-electron chi connectivity index (χ4n) is 0.188. The molecule has 0 heterocycles. The zero-order valence-electron chi connectivity index (χ0n) is 4.31. The third-order valence-corrected chi connectivity index (χ3v) is 0.705. The molecule has 0 aromatic carbocycles. The van der Waals surface area contributed by atoms with Gasteiger partial charge in [-0.2, -0.15) is 0 Å². The van der Waals surface area contributed by atoms with Crippen molar-refractivity contribution in [3.05, 3.63) is 0 Å². The van der Waals surface area contributed by atoms with E-state index in [0.717, 1.165) is 0 Å². The number of ketones is 1. The number of halogens is 1. The normalized spacial score (nSPS) is 8.75. The monoisotopic (exact) mass is 136 g/mol. The fraction of sp³-hybridized carbons (Fsp3) is 0.500. The molecule has 0 N–H and O–H groups in total. The summed E-state index contributed by atoms with van der Waals surface area (Å²) in [6.07, 6.45) is 0. The minimum Gasteiger partial charge on any atom is -0.376 e. The second-order valence-electron chi connectivity index (χ2n) is 1.13. The van der Waals surface area contributed by atoms with Crippen molar-refractivity contribution in [3.63, 3.8) is 0 Å². The van der Waals surface area contributed by atoms with Crippen LogP contribution in [0.5, 0.6) is 0 Å². The van der Waals surface area contributed by atoms with Gasteiger partial charge in [-0.25, -0.2) is 0 Å². The largest absolute Gasteiger partial charge is 0.376 e. The van der Waals surface area contributed by atoms with Crippen molar-refractivity contribution < 1.29 is 14.3 Å². The van der Waals surface area contributed by atoms with Crippen LogP contribution in [0.2, 0.25) is 0 Å². The molecular formula is C4H5ClO3. The van der Waals surface area contributed by atoms with Crippen molar-refractivity contribution >= 4 is 22.6 Å². The van der Waals surface area contributed by atoms with Crippen molar-refractivity contribution in [1.82, 2.24) is 0 Å². The molecule has 0 rings (SSSR count). The molecule has 0 spiro atoms. The van der Waals surface area contributed by atoms with E-state index in [-0.39, 0.29) is 6.61 Å². The van der Waals surface area contributed by atoms with Crippen molar-refractivity contribution in [2.45, 2.75) is 0 Å². The van der Waals surface area contributed by atoms with Crippen LogP contribution < -0.4 is 0 Å². The van der Waals surface area contributed by atoms with E-state index in [1.54, 1.807) is 0 Å². The first-order valence-corrected chi connectivity index (χ1v) is 2.28. The molecule has 4 heteroatoms. The molecule has 0 aromatic rings. The molecule has 0 aromatic heterocycles. The average Bonchev–Trinajstić information content (AvgIpc) is 1.67. The van der Waals surface area contributed by atoms with Crippen molar-refractivity contribution in [2.75, 3.05) is 13.7 Å². The standard InChI is InChI=1S/C4H5ClO3/c1-8-2-3(6)4(5)7/h2H2,1H3. The third kappa shape index (κ3) is 2.71. The van der Waals surface area contributed by atoms with Crippen LogP contribution >= 0.6 is 11.6 Å². The molecule has 8 heavy (non-hydrogen) atoms. The van der Waals surface area contributed by atoms with Gasteiger partial charge >= 0.3 is 0 Å². The van der Waals surface area contributed by atoms with Crippen LogP contribution in [0.1, 0.15) is 0 Å². The van der Waals surface area contributed by atoms with Gasteiger partial charge in [-0.15, -0.1) is 0 Å². The van der Waals surface area contributed by atoms with Crippen LogP contribution in [0.15, 0.2) is 0 Å². The molecule has 0 aliphatic rings. The molecule has 0 saturated heterocycles. The van der Waals surface area contributed by atoms with E-state index >= 15 is 0 Å². The van der Waals surface area contributed by atoms with Gasteiger partial charge in [0.25, 0.3) is 5.24 Å². The summed E-state index contributed by atoms with van der Waals surface area (Å²) in [6.45, 7) is -0.234. The Labute approximate surface area is 51.6 Å². The van der Waals surface area contributed by atoms with E-state index in [1.807, 2.05) is 0 Å². The quantitative estimate of drug-likeness (QED) is 0.404. The predicted octanol–water partition coefficient (Wildman–Crippen LogP) is -0.0327. The maximum Gasteiger partial charge on any atom is 0.290 e. The van der Waals surface area contributed by atoms with Crippen LogP contribution in [0, 0.1) is 0 Å². The number of Topliss-reactive ketones (excluding diaryl/α,β-unsaturated/α-hetero) is 1. The summed E-state index contributed by atoms with van der Waals surface area (Å²) in [5.41, 5.74) is 0. The molecule has 0 radical (unpaired) electrons. The predicted molar refractivity (Wildman–Crippen MR) is 27.7 cm³/mol. The molecule has 0 saturated carbocycles. The number of rotatable bonds is 3. The minimum absolute atomic E-state index is 0.234. The van der Waals surface area contributed by atoms with Gasteiger partial charge in [0, 0.05) is 7.11 Å². The van der Waals surface area contributed by atoms with Gasteiger partial charge in [0.2, 0.25) is 5.78 Å². The molecule has 0 unspecified atom stereocenters. The van der Waals surface area contributed by atoms with Crippen LogP contribution in [-0.2, 0) is 14.3 Å². The molecule has 46 valence electrons. The van der Waals surface area contributed by atoms with Crippen molar-refractivity contribution in [1.29, 1.82) is 0 Å². The van der Waals surface area contributed by atoms with Crippen molar-refractivity contribution in [2.24, 2.45) is 0 Å². The van der Waals surface area contributed by atoms with Gasteiger partial charge in [0.15, 0.2) is 0 Å². The van der Waals surface area contributed by atoms with Crippen LogP contribution in [0.25, 0.3) is 0 Å². The van der Waals surface area contributed by atoms with Gasteiger partial charge in [-0.1, -0.05) is 0 Å². The summed E-state index contributed by atoms with van der Waals surface area (Å²) < 4.78 is 4.31. The smallest absolute Gasteiger partial charge is 0.290 e. The summed E-state index contributed by atoms with van der Waals surface area (Å²) in [5, 5.41) is -0.980. The Balaban J connectivity index is 3.49. The zero-order valence-corrected chi connectivity index (χ0v) is 5.07. The molecule has 0 aliphatic heterocycles. The Morgan fingerprint density at radius 1 is 1.62 bits per heavy atom. The van der Waals surface area contributed by atoms with Crippen LogP contribution in [0.4, 0.5) is 0 Å². The highest BCUT2D eigenvalue weighted by atomic mass is 35.5. The Kier molecular flexibility index (Phi) is 3.39. The number of ether oxygens (including phenoxy) is 1. The number of hydrogen-bond acceptors (Lipinski definition) is 3. The molecule has 0 bridgehead atoms. The van der Waals surface area contributed by atoms with E-state index in [2.05, 4.69) is 4.74 Å². The number of methoxy groups -OCH3 is 1. The summed E-state index contributed by atoms with van der Waals surface area (Å²) in [7, 11) is 1.32. The lowest BCUT2D eigenvalue weighted by Gasteiger charge is -1.87. The van der Waals surface area contributed by atoms with E-state index in [4.69, 9.17) is 11.6 Å². The lowest BCUT2D eigenvalue weighted by molar-refractivity contribution is -0.134. The SMILES string of the molecule is COCC(=O)C(=O)Cl. The van der Waals surface area contributed by atoms with Crippen LogP contribution in [0.3, 0.4) is 0 Å². The lowest BCUT2D eigenvalue weighted by atomic mass is 10.5. The van der Waals surface area contributed by atoms with E-state index < -0.39 is 11.0 Å². The summed E-state index contributed by atoms with van der Waals surface area (Å²) in [5.74, 6) is -0.714. The Morgan fingerprint density at radius 3 is 2.25 bits per heavy atom. The first kappa shape index (κ1) is 7.59. The van der Waals surface area contributed by atoms with Gasteiger partial charge in [-0.3, -0.25) is 9.59 Å². The average molecular weight is 137 g/mol. The molecule has 3 nitrogen and oxygen atoms in total. The Bertz CT molecular complexity index is 110. The highest BCUT2D eigenvalue weighted by Gasteiger charge is 2.07. The first-order valence-electron chi connectivity index (χ1n) is 1.90. The van der Waals surface area contributed by atoms with E-state index in [9.17, 15) is 9.59 Å². The minimum atomic E-state index is -0.980. The van der Waals surface area contributed by atoms with E-state index in [0.29, 0.717) is 0 Å². The summed E-state index contributed by atoms with van der Waals surface area (Å²) in [4.78, 5) is 20.0. The Hall–Kier alpha value is -0.410. The highest BCUT2D eigenvalue weighted by Crippen LogP contribution is 1.81. The van der Waals surface area contributed by atoms with E-state index in [1.165, 1.54) is 7.11 Å². The molecule has 0 amide bonds. The highest BCUT2D eigenvalue weighted by molar-refractivity contribution is 6.81.